The number of Topliss-reactive ketones (excluding diaryl/α,β-unsaturated/α-hetero) is 1. The van der Waals surface area contributed by atoms with Crippen LogP contribution in [0.4, 0.5) is 0 Å². The van der Waals surface area contributed by atoms with Crippen LogP contribution in [0, 0.1) is 0 Å². The van der Waals surface area contributed by atoms with Gasteiger partial charge in [0.1, 0.15) is 5.78 Å². The van der Waals surface area contributed by atoms with E-state index < -0.39 is 0 Å². The van der Waals surface area contributed by atoms with Gasteiger partial charge in [-0.05, 0) is 36.6 Å². The predicted octanol–water partition coefficient (Wildman–Crippen LogP) is 4.26. The molecule has 0 aromatic heterocycles. The van der Waals surface area contributed by atoms with Crippen molar-refractivity contribution in [3.63, 3.8) is 0 Å². The van der Waals surface area contributed by atoms with Crippen LogP contribution in [0.3, 0.4) is 0 Å². The van der Waals surface area contributed by atoms with Crippen LogP contribution in [0.1, 0.15) is 24.0 Å². The fourth-order valence-corrected chi connectivity index (χ4v) is 2.16. The van der Waals surface area contributed by atoms with E-state index in [1.807, 2.05) is 54.6 Å². The monoisotopic (exact) mass is 258 g/mol. The van der Waals surface area contributed by atoms with Crippen molar-refractivity contribution in [3.8, 4) is 0 Å². The molecule has 0 bridgehead atoms. The van der Waals surface area contributed by atoms with E-state index in [9.17, 15) is 4.79 Å². The Kier molecular flexibility index (Phi) is 4.16. The molecule has 1 nitrogen and oxygen atoms in total. The predicted molar refractivity (Wildman–Crippen MR) is 75.0 cm³/mol. The van der Waals surface area contributed by atoms with Gasteiger partial charge in [-0.2, -0.15) is 0 Å². The van der Waals surface area contributed by atoms with Gasteiger partial charge in [0.05, 0.1) is 0 Å². The summed E-state index contributed by atoms with van der Waals surface area (Å²) in [5.74, 6) is 0.114. The van der Waals surface area contributed by atoms with Crippen LogP contribution in [-0.2, 0) is 11.2 Å². The first-order chi connectivity index (χ1) is 8.66. The Morgan fingerprint density at radius 3 is 2.22 bits per heavy atom. The minimum Gasteiger partial charge on any atom is -0.299 e. The van der Waals surface area contributed by atoms with Crippen molar-refractivity contribution in [2.75, 3.05) is 0 Å². The molecule has 18 heavy (non-hydrogen) atoms. The van der Waals surface area contributed by atoms with Gasteiger partial charge in [0.15, 0.2) is 0 Å². The van der Waals surface area contributed by atoms with E-state index in [4.69, 9.17) is 11.6 Å². The normalized spacial score (nSPS) is 12.1. The lowest BCUT2D eigenvalue weighted by molar-refractivity contribution is -0.118. The van der Waals surface area contributed by atoms with Crippen molar-refractivity contribution in [1.29, 1.82) is 0 Å². The zero-order valence-corrected chi connectivity index (χ0v) is 11.0. The molecule has 0 heterocycles. The van der Waals surface area contributed by atoms with Crippen LogP contribution in [0.2, 0.25) is 5.02 Å². The number of hydrogen-bond acceptors (Lipinski definition) is 1. The summed E-state index contributed by atoms with van der Waals surface area (Å²) in [5, 5.41) is 0.720. The molecule has 0 unspecified atom stereocenters. The Hall–Kier alpha value is -1.60. The van der Waals surface area contributed by atoms with Crippen molar-refractivity contribution in [1.82, 2.24) is 0 Å². The summed E-state index contributed by atoms with van der Waals surface area (Å²) >= 11 is 5.86. The second kappa shape index (κ2) is 5.83. The highest BCUT2D eigenvalue weighted by atomic mass is 35.5. The van der Waals surface area contributed by atoms with Crippen molar-refractivity contribution in [2.45, 2.75) is 19.3 Å². The number of halogens is 1. The van der Waals surface area contributed by atoms with Crippen molar-refractivity contribution in [3.05, 3.63) is 70.7 Å². The number of ketones is 1. The zero-order chi connectivity index (χ0) is 13.0. The Labute approximate surface area is 112 Å². The molecule has 0 saturated carbocycles. The molecule has 1 atom stereocenters. The average Bonchev–Trinajstić information content (AvgIpc) is 2.38. The number of carbonyl (C=O) groups excluding carboxylic acids is 1. The number of carbonyl (C=O) groups is 1. The zero-order valence-electron chi connectivity index (χ0n) is 10.3. The second-order valence-corrected chi connectivity index (χ2v) is 4.84. The van der Waals surface area contributed by atoms with Gasteiger partial charge in [-0.3, -0.25) is 4.79 Å². The third-order valence-corrected chi connectivity index (χ3v) is 3.30. The third kappa shape index (κ3) is 3.21. The van der Waals surface area contributed by atoms with E-state index in [1.54, 1.807) is 6.92 Å². The highest BCUT2D eigenvalue weighted by molar-refractivity contribution is 6.30. The van der Waals surface area contributed by atoms with Gasteiger partial charge in [-0.25, -0.2) is 0 Å². The molecule has 0 amide bonds. The Morgan fingerprint density at radius 2 is 1.67 bits per heavy atom. The maximum Gasteiger partial charge on any atom is 0.137 e. The Morgan fingerprint density at radius 1 is 1.06 bits per heavy atom. The Balaban J connectivity index is 2.22. The largest absolute Gasteiger partial charge is 0.299 e. The number of hydrogen-bond donors (Lipinski definition) is 0. The van der Waals surface area contributed by atoms with Gasteiger partial charge in [-0.1, -0.05) is 54.1 Å². The molecule has 0 saturated heterocycles. The second-order valence-electron chi connectivity index (χ2n) is 4.40. The molecule has 2 heteroatoms. The molecule has 0 aliphatic carbocycles. The van der Waals surface area contributed by atoms with Crippen LogP contribution in [0.25, 0.3) is 0 Å². The lowest BCUT2D eigenvalue weighted by atomic mass is 9.89. The SMILES string of the molecule is CC(=O)[C@H](Cc1ccc(Cl)cc1)c1ccccc1. The van der Waals surface area contributed by atoms with Crippen molar-refractivity contribution < 1.29 is 4.79 Å². The van der Waals surface area contributed by atoms with Gasteiger partial charge in [0.25, 0.3) is 0 Å². The Bertz CT molecular complexity index is 517. The molecule has 2 rings (SSSR count). The summed E-state index contributed by atoms with van der Waals surface area (Å²) in [6.07, 6.45) is 0.719. The van der Waals surface area contributed by atoms with E-state index in [-0.39, 0.29) is 11.7 Å². The first-order valence-corrected chi connectivity index (χ1v) is 6.34. The van der Waals surface area contributed by atoms with E-state index in [2.05, 4.69) is 0 Å². The van der Waals surface area contributed by atoms with Gasteiger partial charge in [-0.15, -0.1) is 0 Å². The first kappa shape index (κ1) is 12.8. The lowest BCUT2D eigenvalue weighted by Gasteiger charge is -2.14. The molecule has 92 valence electrons. The minimum absolute atomic E-state index is 0.0765. The smallest absolute Gasteiger partial charge is 0.137 e. The van der Waals surface area contributed by atoms with Crippen LogP contribution < -0.4 is 0 Å². The van der Waals surface area contributed by atoms with Crippen LogP contribution in [0.5, 0.6) is 0 Å². The molecule has 2 aromatic carbocycles. The van der Waals surface area contributed by atoms with E-state index in [0.717, 1.165) is 22.6 Å². The number of rotatable bonds is 4. The maximum absolute atomic E-state index is 11.8. The van der Waals surface area contributed by atoms with Gasteiger partial charge < -0.3 is 0 Å². The fraction of sp³-hybridized carbons (Fsp3) is 0.188. The summed E-state index contributed by atoms with van der Waals surface area (Å²) in [6.45, 7) is 1.65. The van der Waals surface area contributed by atoms with Crippen LogP contribution >= 0.6 is 11.6 Å². The molecular weight excluding hydrogens is 244 g/mol. The maximum atomic E-state index is 11.8. The van der Waals surface area contributed by atoms with Crippen LogP contribution in [0.15, 0.2) is 54.6 Å². The van der Waals surface area contributed by atoms with Crippen LogP contribution in [-0.4, -0.2) is 5.78 Å². The van der Waals surface area contributed by atoms with E-state index >= 15 is 0 Å². The summed E-state index contributed by atoms with van der Waals surface area (Å²) in [6, 6.07) is 17.6. The first-order valence-electron chi connectivity index (χ1n) is 5.96. The van der Waals surface area contributed by atoms with Gasteiger partial charge in [0, 0.05) is 10.9 Å². The average molecular weight is 259 g/mol. The molecule has 2 aromatic rings. The highest BCUT2D eigenvalue weighted by Crippen LogP contribution is 2.22. The van der Waals surface area contributed by atoms with E-state index in [0.29, 0.717) is 0 Å². The van der Waals surface area contributed by atoms with Gasteiger partial charge in [0.2, 0.25) is 0 Å². The molecule has 0 aliphatic rings. The molecule has 0 aliphatic heterocycles. The molecular formula is C16H15ClO. The molecule has 0 radical (unpaired) electrons. The summed E-state index contributed by atoms with van der Waals surface area (Å²) in [5.41, 5.74) is 2.20. The van der Waals surface area contributed by atoms with Crippen molar-refractivity contribution >= 4 is 17.4 Å². The van der Waals surface area contributed by atoms with Crippen molar-refractivity contribution in [2.24, 2.45) is 0 Å². The topological polar surface area (TPSA) is 17.1 Å². The standard InChI is InChI=1S/C16H15ClO/c1-12(18)16(14-5-3-2-4-6-14)11-13-7-9-15(17)10-8-13/h2-10,16H,11H2,1H3/t16-/m0/s1. The summed E-state index contributed by atoms with van der Waals surface area (Å²) < 4.78 is 0. The third-order valence-electron chi connectivity index (χ3n) is 3.05. The molecule has 0 spiro atoms. The quantitative estimate of drug-likeness (QED) is 0.801. The fourth-order valence-electron chi connectivity index (χ4n) is 2.04. The van der Waals surface area contributed by atoms with Gasteiger partial charge >= 0.3 is 0 Å². The summed E-state index contributed by atoms with van der Waals surface area (Å²) in [4.78, 5) is 11.8. The minimum atomic E-state index is -0.0765. The molecule has 0 N–H and O–H groups in total. The van der Waals surface area contributed by atoms with E-state index in [1.165, 1.54) is 0 Å². The summed E-state index contributed by atoms with van der Waals surface area (Å²) in [7, 11) is 0. The lowest BCUT2D eigenvalue weighted by Crippen LogP contribution is -2.11. The highest BCUT2D eigenvalue weighted by Gasteiger charge is 2.16. The molecule has 0 fully saturated rings. The number of benzene rings is 2.